The van der Waals surface area contributed by atoms with Crippen LogP contribution in [0.5, 0.6) is 0 Å². The molecule has 0 aliphatic carbocycles. The zero-order valence-electron chi connectivity index (χ0n) is 15.4. The summed E-state index contributed by atoms with van der Waals surface area (Å²) in [6, 6.07) is 7.21. The number of furan rings is 1. The number of fused-ring (bicyclic) bond motifs is 1. The SMILES string of the molecule is Cc1c(Cl)ccc2sc(N(CCN3CCOCC3)C(=O)c3ccco3)nc12.Cl. The molecule has 0 bridgehead atoms. The van der Waals surface area contributed by atoms with Crippen molar-refractivity contribution in [3.63, 3.8) is 0 Å². The standard InChI is InChI=1S/C19H20ClN3O3S.ClH/c1-13-14(20)4-5-16-17(13)21-19(27-16)23(18(24)15-3-2-10-26-15)7-6-22-8-11-25-12-9-22;/h2-5,10H,6-9,11-12H2,1H3;1H. The first-order valence-electron chi connectivity index (χ1n) is 8.84. The molecular weight excluding hydrogens is 421 g/mol. The maximum absolute atomic E-state index is 13.0. The zero-order valence-corrected chi connectivity index (χ0v) is 17.8. The molecule has 0 radical (unpaired) electrons. The number of halogens is 2. The molecule has 0 unspecified atom stereocenters. The lowest BCUT2D eigenvalue weighted by Crippen LogP contribution is -2.43. The predicted molar refractivity (Wildman–Crippen MR) is 114 cm³/mol. The van der Waals surface area contributed by atoms with E-state index in [1.807, 2.05) is 19.1 Å². The number of aryl methyl sites for hydroxylation is 1. The van der Waals surface area contributed by atoms with Gasteiger partial charge in [0, 0.05) is 31.2 Å². The molecule has 1 saturated heterocycles. The van der Waals surface area contributed by atoms with Gasteiger partial charge in [-0.3, -0.25) is 14.6 Å². The molecule has 2 aromatic heterocycles. The van der Waals surface area contributed by atoms with Gasteiger partial charge in [-0.05, 0) is 36.8 Å². The molecule has 1 fully saturated rings. The van der Waals surface area contributed by atoms with Crippen LogP contribution in [0.2, 0.25) is 5.02 Å². The minimum atomic E-state index is -0.184. The monoisotopic (exact) mass is 441 g/mol. The molecule has 0 atom stereocenters. The molecular formula is C19H21Cl2N3O3S. The summed E-state index contributed by atoms with van der Waals surface area (Å²) in [4.78, 5) is 21.8. The Balaban J connectivity index is 0.00000225. The van der Waals surface area contributed by atoms with Gasteiger partial charge in [-0.25, -0.2) is 4.98 Å². The summed E-state index contributed by atoms with van der Waals surface area (Å²) in [5.41, 5.74) is 1.77. The number of rotatable bonds is 5. The molecule has 150 valence electrons. The van der Waals surface area contributed by atoms with Crippen molar-refractivity contribution in [1.82, 2.24) is 9.88 Å². The lowest BCUT2D eigenvalue weighted by atomic mass is 10.2. The van der Waals surface area contributed by atoms with Crippen LogP contribution in [0.1, 0.15) is 16.1 Å². The molecule has 0 saturated carbocycles. The number of thiazole rings is 1. The van der Waals surface area contributed by atoms with Gasteiger partial charge >= 0.3 is 0 Å². The molecule has 1 amide bonds. The maximum Gasteiger partial charge on any atom is 0.295 e. The Morgan fingerprint density at radius 3 is 2.82 bits per heavy atom. The highest BCUT2D eigenvalue weighted by Gasteiger charge is 2.25. The fourth-order valence-electron chi connectivity index (χ4n) is 3.09. The van der Waals surface area contributed by atoms with Gasteiger partial charge in [-0.1, -0.05) is 22.9 Å². The van der Waals surface area contributed by atoms with Crippen LogP contribution in [-0.4, -0.2) is 55.2 Å². The van der Waals surface area contributed by atoms with Crippen molar-refractivity contribution in [1.29, 1.82) is 0 Å². The molecule has 9 heteroatoms. The fraction of sp³-hybridized carbons (Fsp3) is 0.368. The third kappa shape index (κ3) is 4.34. The molecule has 3 aromatic rings. The molecule has 1 aliphatic rings. The first-order chi connectivity index (χ1) is 13.1. The van der Waals surface area contributed by atoms with Crippen molar-refractivity contribution in [2.45, 2.75) is 6.92 Å². The molecule has 0 spiro atoms. The number of morpholine rings is 1. The number of benzene rings is 1. The Kier molecular flexibility index (Phi) is 6.95. The lowest BCUT2D eigenvalue weighted by Gasteiger charge is -2.28. The second kappa shape index (κ2) is 9.24. The molecule has 28 heavy (non-hydrogen) atoms. The van der Waals surface area contributed by atoms with Gasteiger partial charge in [0.1, 0.15) is 0 Å². The minimum Gasteiger partial charge on any atom is -0.459 e. The normalized spacial score (nSPS) is 14.8. The van der Waals surface area contributed by atoms with Crippen molar-refractivity contribution in [2.24, 2.45) is 0 Å². The van der Waals surface area contributed by atoms with Gasteiger partial charge in [-0.2, -0.15) is 0 Å². The average molecular weight is 442 g/mol. The highest BCUT2D eigenvalue weighted by atomic mass is 35.5. The number of carbonyl (C=O) groups excluding carboxylic acids is 1. The van der Waals surface area contributed by atoms with Gasteiger partial charge in [0.2, 0.25) is 0 Å². The number of ether oxygens (including phenoxy) is 1. The van der Waals surface area contributed by atoms with Crippen LogP contribution < -0.4 is 4.90 Å². The summed E-state index contributed by atoms with van der Waals surface area (Å²) in [5.74, 6) is 0.127. The number of aromatic nitrogens is 1. The summed E-state index contributed by atoms with van der Waals surface area (Å²) in [6.45, 7) is 6.43. The summed E-state index contributed by atoms with van der Waals surface area (Å²) in [5, 5.41) is 1.33. The van der Waals surface area contributed by atoms with Crippen LogP contribution in [0.25, 0.3) is 10.2 Å². The van der Waals surface area contributed by atoms with E-state index in [9.17, 15) is 4.79 Å². The van der Waals surface area contributed by atoms with Crippen LogP contribution in [0.4, 0.5) is 5.13 Å². The van der Waals surface area contributed by atoms with Crippen LogP contribution >= 0.6 is 35.3 Å². The number of amides is 1. The Hall–Kier alpha value is -1.64. The van der Waals surface area contributed by atoms with E-state index >= 15 is 0 Å². The summed E-state index contributed by atoms with van der Waals surface area (Å²) < 4.78 is 11.7. The molecule has 6 nitrogen and oxygen atoms in total. The summed E-state index contributed by atoms with van der Waals surface area (Å²) in [6.07, 6.45) is 1.51. The second-order valence-corrected chi connectivity index (χ2v) is 7.82. The van der Waals surface area contributed by atoms with Gasteiger partial charge in [-0.15, -0.1) is 12.4 Å². The first-order valence-corrected chi connectivity index (χ1v) is 10.0. The third-order valence-electron chi connectivity index (χ3n) is 4.69. The lowest BCUT2D eigenvalue weighted by molar-refractivity contribution is 0.0390. The van der Waals surface area contributed by atoms with Crippen molar-refractivity contribution >= 4 is 56.6 Å². The average Bonchev–Trinajstić information content (AvgIpc) is 3.36. The highest BCUT2D eigenvalue weighted by molar-refractivity contribution is 7.22. The van der Waals surface area contributed by atoms with E-state index in [1.165, 1.54) is 17.6 Å². The van der Waals surface area contributed by atoms with E-state index in [0.717, 1.165) is 48.6 Å². The third-order valence-corrected chi connectivity index (χ3v) is 6.14. The zero-order chi connectivity index (χ0) is 18.8. The van der Waals surface area contributed by atoms with Crippen LogP contribution in [0, 0.1) is 6.92 Å². The smallest absolute Gasteiger partial charge is 0.295 e. The van der Waals surface area contributed by atoms with Crippen molar-refractivity contribution < 1.29 is 13.9 Å². The Morgan fingerprint density at radius 2 is 2.11 bits per heavy atom. The largest absolute Gasteiger partial charge is 0.459 e. The van der Waals surface area contributed by atoms with Crippen LogP contribution in [0.15, 0.2) is 34.9 Å². The van der Waals surface area contributed by atoms with Crippen molar-refractivity contribution in [3.8, 4) is 0 Å². The molecule has 4 rings (SSSR count). The van der Waals surface area contributed by atoms with E-state index in [-0.39, 0.29) is 18.3 Å². The number of anilines is 1. The van der Waals surface area contributed by atoms with Gasteiger partial charge in [0.05, 0.1) is 29.7 Å². The van der Waals surface area contributed by atoms with Gasteiger partial charge < -0.3 is 9.15 Å². The summed E-state index contributed by atoms with van der Waals surface area (Å²) in [7, 11) is 0. The Labute approximate surface area is 178 Å². The topological polar surface area (TPSA) is 58.8 Å². The fourth-order valence-corrected chi connectivity index (χ4v) is 4.29. The molecule has 3 heterocycles. The van der Waals surface area contributed by atoms with E-state index in [0.29, 0.717) is 22.5 Å². The van der Waals surface area contributed by atoms with E-state index in [1.54, 1.807) is 17.0 Å². The van der Waals surface area contributed by atoms with E-state index in [4.69, 9.17) is 25.7 Å². The molecule has 1 aliphatic heterocycles. The number of hydrogen-bond acceptors (Lipinski definition) is 6. The minimum absolute atomic E-state index is 0. The first kappa shape index (κ1) is 21.1. The van der Waals surface area contributed by atoms with Crippen molar-refractivity contribution in [3.05, 3.63) is 46.9 Å². The van der Waals surface area contributed by atoms with E-state index in [2.05, 4.69) is 4.90 Å². The Morgan fingerprint density at radius 1 is 1.32 bits per heavy atom. The predicted octanol–water partition coefficient (Wildman–Crippen LogP) is 4.25. The van der Waals surface area contributed by atoms with E-state index < -0.39 is 0 Å². The molecule has 0 N–H and O–H groups in total. The quantitative estimate of drug-likeness (QED) is 0.591. The summed E-state index contributed by atoms with van der Waals surface area (Å²) >= 11 is 7.72. The molecule has 1 aromatic carbocycles. The van der Waals surface area contributed by atoms with Crippen molar-refractivity contribution in [2.75, 3.05) is 44.3 Å². The maximum atomic E-state index is 13.0. The highest BCUT2D eigenvalue weighted by Crippen LogP contribution is 2.34. The van der Waals surface area contributed by atoms with Crippen LogP contribution in [-0.2, 0) is 4.74 Å². The number of nitrogens with zero attached hydrogens (tertiary/aromatic N) is 3. The number of carbonyl (C=O) groups is 1. The van der Waals surface area contributed by atoms with Gasteiger partial charge in [0.15, 0.2) is 10.9 Å². The van der Waals surface area contributed by atoms with Crippen LogP contribution in [0.3, 0.4) is 0 Å². The number of hydrogen-bond donors (Lipinski definition) is 0. The second-order valence-electron chi connectivity index (χ2n) is 6.40. The Bertz CT molecular complexity index is 939. The van der Waals surface area contributed by atoms with Gasteiger partial charge in [0.25, 0.3) is 5.91 Å².